The van der Waals surface area contributed by atoms with Crippen molar-refractivity contribution < 1.29 is 14.3 Å². The van der Waals surface area contributed by atoms with E-state index in [0.717, 1.165) is 21.9 Å². The van der Waals surface area contributed by atoms with Crippen LogP contribution in [0, 0.1) is 23.7 Å². The number of rotatable bonds is 5. The monoisotopic (exact) mass is 418 g/mol. The number of hydrogen-bond acceptors (Lipinski definition) is 3. The fraction of sp³-hybridized carbons (Fsp3) is 0.500. The number of halogens is 1. The first-order chi connectivity index (χ1) is 12.5. The highest BCUT2D eigenvalue weighted by Crippen LogP contribution is 2.51. The molecule has 0 saturated carbocycles. The normalized spacial score (nSPS) is 30.9. The zero-order valence-corrected chi connectivity index (χ0v) is 17.4. The topological polar surface area (TPSA) is 35.5 Å². The van der Waals surface area contributed by atoms with Gasteiger partial charge in [0.15, 0.2) is 0 Å². The minimum Gasteiger partial charge on any atom is -0.472 e. The summed E-state index contributed by atoms with van der Waals surface area (Å²) in [6, 6.07) is 8.36. The summed E-state index contributed by atoms with van der Waals surface area (Å²) in [6.45, 7) is 9.32. The number of hydrogen-bond donors (Lipinski definition) is 0. The summed E-state index contributed by atoms with van der Waals surface area (Å²) in [6.07, 6.45) is 4.62. The lowest BCUT2D eigenvalue weighted by Crippen LogP contribution is -2.43. The zero-order valence-electron chi connectivity index (χ0n) is 15.8. The van der Waals surface area contributed by atoms with Crippen molar-refractivity contribution in [3.8, 4) is 0 Å². The molecular formula is C22H27BrO3. The molecule has 3 nitrogen and oxygen atoms in total. The van der Waals surface area contributed by atoms with Crippen LogP contribution in [-0.4, -0.2) is 19.2 Å². The van der Waals surface area contributed by atoms with Gasteiger partial charge in [-0.2, -0.15) is 0 Å². The van der Waals surface area contributed by atoms with E-state index in [1.54, 1.807) is 0 Å². The number of allylic oxidation sites excluding steroid dienone is 3. The third kappa shape index (κ3) is 3.54. The van der Waals surface area contributed by atoms with E-state index < -0.39 is 0 Å². The lowest BCUT2D eigenvalue weighted by atomic mass is 9.60. The number of carbonyl (C=O) groups is 1. The SMILES string of the molecule is CCO[C@@H]1OC=C2C=C(C=O)[C@H](c3ccc(Br)cc3)[C@@H](C(C)C)[C@@H]2[C@H]1C. The van der Waals surface area contributed by atoms with Crippen LogP contribution in [0.15, 0.2) is 52.2 Å². The quantitative estimate of drug-likeness (QED) is 0.594. The van der Waals surface area contributed by atoms with Crippen LogP contribution in [0.25, 0.3) is 0 Å². The maximum atomic E-state index is 11.9. The minimum absolute atomic E-state index is 0.0885. The third-order valence-electron chi connectivity index (χ3n) is 5.68. The molecule has 0 saturated heterocycles. The average molecular weight is 419 g/mol. The lowest BCUT2D eigenvalue weighted by Gasteiger charge is -2.47. The highest BCUT2D eigenvalue weighted by Gasteiger charge is 2.46. The first kappa shape index (κ1) is 19.4. The maximum absolute atomic E-state index is 11.9. The van der Waals surface area contributed by atoms with Gasteiger partial charge in [0.2, 0.25) is 6.29 Å². The van der Waals surface area contributed by atoms with Gasteiger partial charge in [0.25, 0.3) is 0 Å². The predicted molar refractivity (Wildman–Crippen MR) is 107 cm³/mol. The Morgan fingerprint density at radius 1 is 1.27 bits per heavy atom. The summed E-state index contributed by atoms with van der Waals surface area (Å²) < 4.78 is 12.7. The van der Waals surface area contributed by atoms with Gasteiger partial charge in [-0.1, -0.05) is 48.8 Å². The summed E-state index contributed by atoms with van der Waals surface area (Å²) in [7, 11) is 0. The molecule has 1 aliphatic heterocycles. The predicted octanol–water partition coefficient (Wildman–Crippen LogP) is 5.47. The highest BCUT2D eigenvalue weighted by atomic mass is 79.9. The zero-order chi connectivity index (χ0) is 18.8. The molecule has 1 aliphatic carbocycles. The Morgan fingerprint density at radius 3 is 2.54 bits per heavy atom. The molecule has 0 aromatic heterocycles. The van der Waals surface area contributed by atoms with E-state index in [2.05, 4.69) is 61.0 Å². The Morgan fingerprint density at radius 2 is 1.96 bits per heavy atom. The molecule has 0 bridgehead atoms. The largest absolute Gasteiger partial charge is 0.472 e. The molecule has 1 aromatic carbocycles. The Balaban J connectivity index is 2.09. The van der Waals surface area contributed by atoms with E-state index in [4.69, 9.17) is 9.47 Å². The minimum atomic E-state index is -0.230. The average Bonchev–Trinajstić information content (AvgIpc) is 2.63. The fourth-order valence-corrected chi connectivity index (χ4v) is 4.85. The van der Waals surface area contributed by atoms with Gasteiger partial charge in [-0.15, -0.1) is 0 Å². The summed E-state index contributed by atoms with van der Waals surface area (Å²) in [5.74, 6) is 1.35. The number of aldehydes is 1. The maximum Gasteiger partial charge on any atom is 0.202 e. The van der Waals surface area contributed by atoms with Gasteiger partial charge in [0, 0.05) is 28.5 Å². The number of benzene rings is 1. The molecule has 0 unspecified atom stereocenters. The van der Waals surface area contributed by atoms with E-state index in [9.17, 15) is 4.79 Å². The van der Waals surface area contributed by atoms with Crippen molar-refractivity contribution in [1.82, 2.24) is 0 Å². The molecule has 1 aromatic rings. The van der Waals surface area contributed by atoms with Crippen LogP contribution in [0.5, 0.6) is 0 Å². The Labute approximate surface area is 164 Å². The first-order valence-corrected chi connectivity index (χ1v) is 10.2. The second-order valence-electron chi connectivity index (χ2n) is 7.58. The van der Waals surface area contributed by atoms with Gasteiger partial charge < -0.3 is 9.47 Å². The second-order valence-corrected chi connectivity index (χ2v) is 8.49. The van der Waals surface area contributed by atoms with Crippen molar-refractivity contribution in [1.29, 1.82) is 0 Å². The second kappa shape index (κ2) is 8.10. The van der Waals surface area contributed by atoms with Crippen molar-refractivity contribution in [2.24, 2.45) is 23.7 Å². The van der Waals surface area contributed by atoms with Crippen molar-refractivity contribution in [2.75, 3.05) is 6.61 Å². The van der Waals surface area contributed by atoms with Crippen LogP contribution in [0.4, 0.5) is 0 Å². The summed E-state index contributed by atoms with van der Waals surface area (Å²) in [4.78, 5) is 11.9. The molecule has 3 rings (SSSR count). The van der Waals surface area contributed by atoms with E-state index in [1.807, 2.05) is 19.3 Å². The van der Waals surface area contributed by atoms with E-state index in [1.165, 1.54) is 5.56 Å². The molecule has 0 amide bonds. The molecule has 0 radical (unpaired) electrons. The summed E-state index contributed by atoms with van der Waals surface area (Å²) >= 11 is 3.51. The van der Waals surface area contributed by atoms with Gasteiger partial charge in [0.1, 0.15) is 6.29 Å². The van der Waals surface area contributed by atoms with Gasteiger partial charge >= 0.3 is 0 Å². The molecule has 0 N–H and O–H groups in total. The number of fused-ring (bicyclic) bond motifs is 1. The van der Waals surface area contributed by atoms with Crippen molar-refractivity contribution in [3.05, 3.63) is 57.8 Å². The Bertz CT molecular complexity index is 705. The Hall–Kier alpha value is -1.39. The molecule has 0 spiro atoms. The molecule has 2 aliphatic rings. The molecule has 0 fully saturated rings. The number of ether oxygens (including phenoxy) is 2. The van der Waals surface area contributed by atoms with Crippen LogP contribution < -0.4 is 0 Å². The van der Waals surface area contributed by atoms with Gasteiger partial charge in [-0.25, -0.2) is 0 Å². The first-order valence-electron chi connectivity index (χ1n) is 9.37. The van der Waals surface area contributed by atoms with Crippen LogP contribution >= 0.6 is 15.9 Å². The van der Waals surface area contributed by atoms with E-state index in [0.29, 0.717) is 24.4 Å². The van der Waals surface area contributed by atoms with E-state index >= 15 is 0 Å². The summed E-state index contributed by atoms with van der Waals surface area (Å²) in [5.41, 5.74) is 3.14. The van der Waals surface area contributed by atoms with Crippen molar-refractivity contribution in [3.63, 3.8) is 0 Å². The fourth-order valence-electron chi connectivity index (χ4n) is 4.58. The van der Waals surface area contributed by atoms with Crippen LogP contribution in [-0.2, 0) is 14.3 Å². The van der Waals surface area contributed by atoms with Gasteiger partial charge in [-0.05, 0) is 54.0 Å². The van der Waals surface area contributed by atoms with Crippen LogP contribution in [0.1, 0.15) is 39.2 Å². The molecule has 140 valence electrons. The van der Waals surface area contributed by atoms with Gasteiger partial charge in [-0.3, -0.25) is 4.79 Å². The van der Waals surface area contributed by atoms with Crippen LogP contribution in [0.2, 0.25) is 0 Å². The van der Waals surface area contributed by atoms with E-state index in [-0.39, 0.29) is 18.1 Å². The third-order valence-corrected chi connectivity index (χ3v) is 6.21. The molecule has 26 heavy (non-hydrogen) atoms. The lowest BCUT2D eigenvalue weighted by molar-refractivity contribution is -0.158. The smallest absolute Gasteiger partial charge is 0.202 e. The molecule has 4 heteroatoms. The molecule has 1 heterocycles. The van der Waals surface area contributed by atoms with Gasteiger partial charge in [0.05, 0.1) is 6.26 Å². The highest BCUT2D eigenvalue weighted by molar-refractivity contribution is 9.10. The van der Waals surface area contributed by atoms with Crippen LogP contribution in [0.3, 0.4) is 0 Å². The molecule has 5 atom stereocenters. The standard InChI is InChI=1S/C22H27BrO3/c1-5-25-22-14(4)20-17(12-26-22)10-16(11-24)21(19(20)13(2)3)15-6-8-18(23)9-7-15/h6-14,19-22H,5H2,1-4H3/t14-,19+,20-,21+,22-/m1/s1. The number of carbonyl (C=O) groups excluding carboxylic acids is 1. The van der Waals surface area contributed by atoms with Crippen molar-refractivity contribution in [2.45, 2.75) is 39.9 Å². The molecular weight excluding hydrogens is 392 g/mol. The Kier molecular flexibility index (Phi) is 6.03. The van der Waals surface area contributed by atoms with Crippen molar-refractivity contribution >= 4 is 22.2 Å². The summed E-state index contributed by atoms with van der Waals surface area (Å²) in [5, 5.41) is 0.